The van der Waals surface area contributed by atoms with Crippen LogP contribution in [0.15, 0.2) is 84.9 Å². The molecule has 1 atom stereocenters. The highest BCUT2D eigenvalue weighted by Gasteiger charge is 2.28. The van der Waals surface area contributed by atoms with Gasteiger partial charge in [0.05, 0.1) is 17.1 Å². The molecule has 4 aromatic rings. The zero-order valence-corrected chi connectivity index (χ0v) is 17.9. The molecule has 4 heteroatoms. The molecule has 3 aromatic carbocycles. The quantitative estimate of drug-likeness (QED) is 0.412. The molecule has 0 bridgehead atoms. The second kappa shape index (κ2) is 9.36. The molecule has 158 valence electrons. The second-order valence-corrected chi connectivity index (χ2v) is 8.55. The third-order valence-electron chi connectivity index (χ3n) is 6.50. The molecule has 2 N–H and O–H groups in total. The van der Waals surface area contributed by atoms with E-state index in [0.717, 1.165) is 43.0 Å². The topological polar surface area (TPSA) is 44.0 Å². The first-order chi connectivity index (χ1) is 15.3. The number of benzene rings is 3. The Balaban J connectivity index is 1.26. The molecule has 0 spiro atoms. The number of aromatic amines is 1. The summed E-state index contributed by atoms with van der Waals surface area (Å²) in [5.41, 5.74) is 4.85. The van der Waals surface area contributed by atoms with E-state index < -0.39 is 0 Å². The highest BCUT2D eigenvalue weighted by molar-refractivity contribution is 5.77. The summed E-state index contributed by atoms with van der Waals surface area (Å²) in [7, 11) is 0. The average Bonchev–Trinajstić information content (AvgIpc) is 3.26. The van der Waals surface area contributed by atoms with Gasteiger partial charge in [-0.2, -0.15) is 0 Å². The fourth-order valence-corrected chi connectivity index (χ4v) is 4.74. The number of hydrogen-bond acceptors (Lipinski definition) is 3. The Labute approximate surface area is 184 Å². The fraction of sp³-hybridized carbons (Fsp3) is 0.296. The number of hydrogen-bond donors (Lipinski definition) is 2. The monoisotopic (exact) mass is 410 g/mol. The second-order valence-electron chi connectivity index (χ2n) is 8.55. The van der Waals surface area contributed by atoms with Crippen molar-refractivity contribution in [2.24, 2.45) is 5.92 Å². The highest BCUT2D eigenvalue weighted by Crippen LogP contribution is 2.33. The van der Waals surface area contributed by atoms with Gasteiger partial charge in [-0.25, -0.2) is 4.98 Å². The van der Waals surface area contributed by atoms with Crippen LogP contribution in [-0.2, 0) is 6.42 Å². The molecule has 0 radical (unpaired) electrons. The number of likely N-dealkylation sites (tertiary alicyclic amines) is 1. The Morgan fingerprint density at radius 3 is 2.29 bits per heavy atom. The predicted molar refractivity (Wildman–Crippen MR) is 128 cm³/mol. The summed E-state index contributed by atoms with van der Waals surface area (Å²) < 4.78 is 0. The molecular formula is C27H30N4. The van der Waals surface area contributed by atoms with Crippen molar-refractivity contribution >= 4 is 17.0 Å². The summed E-state index contributed by atoms with van der Waals surface area (Å²) in [6, 6.07) is 30.1. The number of aromatic nitrogens is 2. The van der Waals surface area contributed by atoms with Gasteiger partial charge in [-0.1, -0.05) is 72.8 Å². The standard InChI is InChI=1S/C27H30N4/c1-3-9-21(10-4-1)15-18-31-19-16-23(17-20-31)26(22-11-5-2-6-12-22)30-27-28-24-13-7-8-14-25(24)29-27/h1-14,23,26H,15-20H2,(H2,28,29,30). The summed E-state index contributed by atoms with van der Waals surface area (Å²) in [4.78, 5) is 10.8. The maximum atomic E-state index is 4.77. The molecule has 2 heterocycles. The van der Waals surface area contributed by atoms with Crippen LogP contribution in [0.2, 0.25) is 0 Å². The molecule has 0 aliphatic carbocycles. The van der Waals surface area contributed by atoms with Crippen LogP contribution in [0.3, 0.4) is 0 Å². The maximum absolute atomic E-state index is 4.77. The lowest BCUT2D eigenvalue weighted by Crippen LogP contribution is -2.38. The third kappa shape index (κ3) is 4.80. The summed E-state index contributed by atoms with van der Waals surface area (Å²) in [5, 5.41) is 3.74. The zero-order chi connectivity index (χ0) is 20.9. The Kier molecular flexibility index (Phi) is 5.99. The number of rotatable bonds is 7. The minimum absolute atomic E-state index is 0.262. The van der Waals surface area contributed by atoms with E-state index in [1.807, 2.05) is 12.1 Å². The van der Waals surface area contributed by atoms with Crippen LogP contribution < -0.4 is 5.32 Å². The molecule has 1 aliphatic heterocycles. The molecule has 0 saturated carbocycles. The number of piperidine rings is 1. The van der Waals surface area contributed by atoms with Gasteiger partial charge in [0.2, 0.25) is 5.95 Å². The van der Waals surface area contributed by atoms with E-state index in [4.69, 9.17) is 4.98 Å². The zero-order valence-electron chi connectivity index (χ0n) is 17.9. The van der Waals surface area contributed by atoms with Crippen molar-refractivity contribution in [1.82, 2.24) is 14.9 Å². The summed E-state index contributed by atoms with van der Waals surface area (Å²) in [6.45, 7) is 3.45. The summed E-state index contributed by atoms with van der Waals surface area (Å²) in [6.07, 6.45) is 3.52. The van der Waals surface area contributed by atoms with E-state index in [1.165, 1.54) is 24.0 Å². The van der Waals surface area contributed by atoms with Crippen LogP contribution in [0.25, 0.3) is 11.0 Å². The van der Waals surface area contributed by atoms with E-state index in [0.29, 0.717) is 5.92 Å². The number of H-pyrrole nitrogens is 1. The molecule has 1 aliphatic rings. The van der Waals surface area contributed by atoms with Crippen molar-refractivity contribution < 1.29 is 0 Å². The summed E-state index contributed by atoms with van der Waals surface area (Å²) in [5.74, 6) is 1.45. The third-order valence-corrected chi connectivity index (χ3v) is 6.50. The smallest absolute Gasteiger partial charge is 0.201 e. The van der Waals surface area contributed by atoms with Gasteiger partial charge in [0.15, 0.2) is 0 Å². The van der Waals surface area contributed by atoms with E-state index >= 15 is 0 Å². The molecule has 1 saturated heterocycles. The Morgan fingerprint density at radius 2 is 1.55 bits per heavy atom. The minimum atomic E-state index is 0.262. The van der Waals surface area contributed by atoms with Gasteiger partial charge in [0.1, 0.15) is 0 Å². The van der Waals surface area contributed by atoms with Crippen LogP contribution in [0.4, 0.5) is 5.95 Å². The highest BCUT2D eigenvalue weighted by atomic mass is 15.2. The molecule has 0 amide bonds. The molecule has 1 aromatic heterocycles. The maximum Gasteiger partial charge on any atom is 0.201 e. The van der Waals surface area contributed by atoms with Crippen molar-refractivity contribution in [2.45, 2.75) is 25.3 Å². The fourth-order valence-electron chi connectivity index (χ4n) is 4.74. The van der Waals surface area contributed by atoms with Crippen molar-refractivity contribution in [1.29, 1.82) is 0 Å². The van der Waals surface area contributed by atoms with Gasteiger partial charge < -0.3 is 15.2 Å². The Bertz CT molecular complexity index is 1050. The largest absolute Gasteiger partial charge is 0.349 e. The lowest BCUT2D eigenvalue weighted by Gasteiger charge is -2.36. The minimum Gasteiger partial charge on any atom is -0.349 e. The van der Waals surface area contributed by atoms with E-state index in [1.54, 1.807) is 0 Å². The molecule has 1 fully saturated rings. The lowest BCUT2D eigenvalue weighted by atomic mass is 9.85. The van der Waals surface area contributed by atoms with Gasteiger partial charge in [-0.15, -0.1) is 0 Å². The first-order valence-electron chi connectivity index (χ1n) is 11.4. The summed E-state index contributed by atoms with van der Waals surface area (Å²) >= 11 is 0. The first kappa shape index (κ1) is 19.8. The van der Waals surface area contributed by atoms with E-state index in [-0.39, 0.29) is 6.04 Å². The number of fused-ring (bicyclic) bond motifs is 1. The number of imidazole rings is 1. The van der Waals surface area contributed by atoms with Crippen molar-refractivity contribution in [3.63, 3.8) is 0 Å². The van der Waals surface area contributed by atoms with Crippen molar-refractivity contribution in [3.8, 4) is 0 Å². The predicted octanol–water partition coefficient (Wildman–Crippen LogP) is 5.67. The molecule has 4 nitrogen and oxygen atoms in total. The number of nitrogens with one attached hydrogen (secondary N) is 2. The normalized spacial score (nSPS) is 16.4. The first-order valence-corrected chi connectivity index (χ1v) is 11.4. The number of nitrogens with zero attached hydrogens (tertiary/aromatic N) is 2. The van der Waals surface area contributed by atoms with Gasteiger partial charge in [0.25, 0.3) is 0 Å². The lowest BCUT2D eigenvalue weighted by molar-refractivity contribution is 0.174. The van der Waals surface area contributed by atoms with Gasteiger partial charge >= 0.3 is 0 Å². The molecule has 5 rings (SSSR count). The average molecular weight is 411 g/mol. The van der Waals surface area contributed by atoms with Crippen LogP contribution >= 0.6 is 0 Å². The SMILES string of the molecule is c1ccc(CCN2CCC(C(Nc3nc4ccccc4[nH]3)c3ccccc3)CC2)cc1. The number of anilines is 1. The van der Waals surface area contributed by atoms with Crippen LogP contribution in [0.5, 0.6) is 0 Å². The van der Waals surface area contributed by atoms with Crippen LogP contribution in [0.1, 0.15) is 30.0 Å². The number of para-hydroxylation sites is 2. The van der Waals surface area contributed by atoms with Crippen molar-refractivity contribution in [2.75, 3.05) is 25.0 Å². The van der Waals surface area contributed by atoms with E-state index in [2.05, 4.69) is 88.0 Å². The van der Waals surface area contributed by atoms with Gasteiger partial charge in [-0.3, -0.25) is 0 Å². The van der Waals surface area contributed by atoms with Crippen LogP contribution in [0, 0.1) is 5.92 Å². The van der Waals surface area contributed by atoms with Crippen LogP contribution in [-0.4, -0.2) is 34.5 Å². The molecular weight excluding hydrogens is 380 g/mol. The Morgan fingerprint density at radius 1 is 0.871 bits per heavy atom. The Hall–Kier alpha value is -3.11. The van der Waals surface area contributed by atoms with E-state index in [9.17, 15) is 0 Å². The molecule has 31 heavy (non-hydrogen) atoms. The van der Waals surface area contributed by atoms with Gasteiger partial charge in [-0.05, 0) is 61.5 Å². The molecule has 1 unspecified atom stereocenters. The van der Waals surface area contributed by atoms with Gasteiger partial charge in [0, 0.05) is 6.54 Å². The van der Waals surface area contributed by atoms with Crippen molar-refractivity contribution in [3.05, 3.63) is 96.1 Å².